The van der Waals surface area contributed by atoms with E-state index in [2.05, 4.69) is 6.92 Å². The summed E-state index contributed by atoms with van der Waals surface area (Å²) >= 11 is 0. The summed E-state index contributed by atoms with van der Waals surface area (Å²) in [6.07, 6.45) is 1.91. The number of carbonyl (C=O) groups is 2. The van der Waals surface area contributed by atoms with Crippen molar-refractivity contribution in [3.05, 3.63) is 29.3 Å². The van der Waals surface area contributed by atoms with E-state index in [4.69, 9.17) is 0 Å². The number of aliphatic hydroxyl groups is 1. The first-order chi connectivity index (χ1) is 11.5. The van der Waals surface area contributed by atoms with Crippen LogP contribution in [-0.4, -0.2) is 48.1 Å². The van der Waals surface area contributed by atoms with Gasteiger partial charge < -0.3 is 14.9 Å². The van der Waals surface area contributed by atoms with E-state index in [0.29, 0.717) is 25.9 Å². The van der Waals surface area contributed by atoms with Gasteiger partial charge in [0.1, 0.15) is 0 Å². The van der Waals surface area contributed by atoms with Crippen LogP contribution in [0, 0.1) is 25.7 Å². The first-order valence-corrected chi connectivity index (χ1v) is 8.77. The number of aryl methyl sites for hydroxylation is 2. The van der Waals surface area contributed by atoms with Crippen LogP contribution in [0.25, 0.3) is 0 Å². The highest BCUT2D eigenvalue weighted by molar-refractivity contribution is 5.96. The van der Waals surface area contributed by atoms with E-state index >= 15 is 0 Å². The molecule has 2 aliphatic heterocycles. The van der Waals surface area contributed by atoms with Gasteiger partial charge in [-0.1, -0.05) is 6.07 Å². The molecule has 0 bridgehead atoms. The number of piperidine rings is 1. The second-order valence-electron chi connectivity index (χ2n) is 7.13. The van der Waals surface area contributed by atoms with Crippen LogP contribution < -0.4 is 4.90 Å². The average Bonchev–Trinajstić information content (AvgIpc) is 3.06. The minimum atomic E-state index is -0.137. The van der Waals surface area contributed by atoms with Crippen molar-refractivity contribution < 1.29 is 14.7 Å². The molecule has 2 saturated heterocycles. The molecule has 0 aromatic heterocycles. The van der Waals surface area contributed by atoms with Gasteiger partial charge in [0, 0.05) is 44.3 Å². The lowest BCUT2D eigenvalue weighted by Gasteiger charge is -2.34. The van der Waals surface area contributed by atoms with E-state index in [1.165, 1.54) is 5.56 Å². The quantitative estimate of drug-likeness (QED) is 0.921. The molecule has 0 spiro atoms. The van der Waals surface area contributed by atoms with E-state index in [1.54, 1.807) is 4.90 Å². The predicted octanol–water partition coefficient (Wildman–Crippen LogP) is 1.89. The summed E-state index contributed by atoms with van der Waals surface area (Å²) in [5.74, 6) is 0.293. The molecule has 0 aliphatic carbocycles. The van der Waals surface area contributed by atoms with E-state index in [0.717, 1.165) is 24.2 Å². The molecule has 2 unspecified atom stereocenters. The molecule has 2 amide bonds. The first kappa shape index (κ1) is 17.0. The molecular formula is C19H26N2O3. The summed E-state index contributed by atoms with van der Waals surface area (Å²) in [5.41, 5.74) is 3.23. The highest BCUT2D eigenvalue weighted by Crippen LogP contribution is 2.28. The van der Waals surface area contributed by atoms with Gasteiger partial charge in [0.25, 0.3) is 0 Å². The molecule has 0 saturated carbocycles. The Morgan fingerprint density at radius 2 is 2.00 bits per heavy atom. The Morgan fingerprint density at radius 3 is 2.67 bits per heavy atom. The number of hydrogen-bond acceptors (Lipinski definition) is 3. The molecule has 2 fully saturated rings. The van der Waals surface area contributed by atoms with Crippen LogP contribution in [0.1, 0.15) is 30.4 Å². The Kier molecular flexibility index (Phi) is 4.90. The van der Waals surface area contributed by atoms with Crippen LogP contribution in [0.4, 0.5) is 5.69 Å². The molecule has 5 nitrogen and oxygen atoms in total. The van der Waals surface area contributed by atoms with Gasteiger partial charge in [-0.15, -0.1) is 0 Å². The Balaban J connectivity index is 1.72. The Bertz CT molecular complexity index is 643. The van der Waals surface area contributed by atoms with Crippen molar-refractivity contribution in [1.82, 2.24) is 4.90 Å². The maximum absolute atomic E-state index is 12.8. The molecule has 1 aromatic carbocycles. The molecular weight excluding hydrogens is 304 g/mol. The van der Waals surface area contributed by atoms with Gasteiger partial charge in [-0.3, -0.25) is 9.59 Å². The third-order valence-electron chi connectivity index (χ3n) is 5.42. The van der Waals surface area contributed by atoms with Crippen LogP contribution in [-0.2, 0) is 9.59 Å². The summed E-state index contributed by atoms with van der Waals surface area (Å²) < 4.78 is 0. The van der Waals surface area contributed by atoms with Crippen molar-refractivity contribution in [2.45, 2.75) is 33.1 Å². The van der Waals surface area contributed by atoms with Gasteiger partial charge in [0.2, 0.25) is 11.8 Å². The number of rotatable bonds is 3. The fourth-order valence-electron chi connectivity index (χ4n) is 3.63. The Hall–Kier alpha value is -1.88. The molecule has 2 heterocycles. The smallest absolute Gasteiger partial charge is 0.227 e. The van der Waals surface area contributed by atoms with Crippen molar-refractivity contribution >= 4 is 17.5 Å². The fraction of sp³-hybridized carbons (Fsp3) is 0.579. The van der Waals surface area contributed by atoms with Gasteiger partial charge >= 0.3 is 0 Å². The molecule has 1 N–H and O–H groups in total. The molecule has 130 valence electrons. The summed E-state index contributed by atoms with van der Waals surface area (Å²) in [6.45, 7) is 6.05. The number of benzene rings is 1. The lowest BCUT2D eigenvalue weighted by Crippen LogP contribution is -2.46. The van der Waals surface area contributed by atoms with Crippen LogP contribution >= 0.6 is 0 Å². The van der Waals surface area contributed by atoms with Gasteiger partial charge in [0.05, 0.1) is 5.92 Å². The summed E-state index contributed by atoms with van der Waals surface area (Å²) in [6, 6.07) is 6.01. The van der Waals surface area contributed by atoms with Gasteiger partial charge in [-0.2, -0.15) is 0 Å². The number of anilines is 1. The third kappa shape index (κ3) is 3.31. The average molecular weight is 330 g/mol. The number of likely N-dealkylation sites (tertiary alicyclic amines) is 1. The number of amides is 2. The van der Waals surface area contributed by atoms with Crippen molar-refractivity contribution in [3.8, 4) is 0 Å². The van der Waals surface area contributed by atoms with Gasteiger partial charge in [-0.05, 0) is 49.9 Å². The lowest BCUT2D eigenvalue weighted by molar-refractivity contribution is -0.135. The van der Waals surface area contributed by atoms with Crippen LogP contribution in [0.15, 0.2) is 18.2 Å². The SMILES string of the molecule is Cc1ccc(N2CC(C(=O)N3CCC(CO)C3)CCC2=O)cc1C. The molecule has 2 atom stereocenters. The van der Waals surface area contributed by atoms with Crippen molar-refractivity contribution in [1.29, 1.82) is 0 Å². The molecule has 0 radical (unpaired) electrons. The Morgan fingerprint density at radius 1 is 1.21 bits per heavy atom. The van der Waals surface area contributed by atoms with Gasteiger partial charge in [0.15, 0.2) is 0 Å². The monoisotopic (exact) mass is 330 g/mol. The van der Waals surface area contributed by atoms with Crippen molar-refractivity contribution in [2.24, 2.45) is 11.8 Å². The zero-order chi connectivity index (χ0) is 17.3. The maximum Gasteiger partial charge on any atom is 0.227 e. The normalized spacial score (nSPS) is 24.5. The van der Waals surface area contributed by atoms with Crippen LogP contribution in [0.2, 0.25) is 0 Å². The standard InChI is InChI=1S/C19H26N2O3/c1-13-3-5-17(9-14(13)2)21-11-16(4-6-18(21)23)19(24)20-8-7-15(10-20)12-22/h3,5,9,15-16,22H,4,6-8,10-12H2,1-2H3. The number of nitrogens with zero attached hydrogens (tertiary/aromatic N) is 2. The Labute approximate surface area is 143 Å². The molecule has 3 rings (SSSR count). The molecule has 1 aromatic rings. The van der Waals surface area contributed by atoms with Crippen molar-refractivity contribution in [3.63, 3.8) is 0 Å². The summed E-state index contributed by atoms with van der Waals surface area (Å²) in [7, 11) is 0. The second kappa shape index (κ2) is 6.93. The fourth-order valence-corrected chi connectivity index (χ4v) is 3.63. The lowest BCUT2D eigenvalue weighted by atomic mass is 9.95. The highest BCUT2D eigenvalue weighted by Gasteiger charge is 2.35. The zero-order valence-electron chi connectivity index (χ0n) is 14.5. The highest BCUT2D eigenvalue weighted by atomic mass is 16.3. The second-order valence-corrected chi connectivity index (χ2v) is 7.13. The third-order valence-corrected chi connectivity index (χ3v) is 5.42. The number of carbonyl (C=O) groups excluding carboxylic acids is 2. The topological polar surface area (TPSA) is 60.9 Å². The largest absolute Gasteiger partial charge is 0.396 e. The predicted molar refractivity (Wildman–Crippen MR) is 92.8 cm³/mol. The zero-order valence-corrected chi connectivity index (χ0v) is 14.5. The van der Waals surface area contributed by atoms with E-state index in [9.17, 15) is 14.7 Å². The molecule has 2 aliphatic rings. The van der Waals surface area contributed by atoms with Gasteiger partial charge in [-0.25, -0.2) is 0 Å². The number of hydrogen-bond donors (Lipinski definition) is 1. The van der Waals surface area contributed by atoms with Crippen LogP contribution in [0.5, 0.6) is 0 Å². The number of aliphatic hydroxyl groups excluding tert-OH is 1. The molecule has 24 heavy (non-hydrogen) atoms. The first-order valence-electron chi connectivity index (χ1n) is 8.77. The van der Waals surface area contributed by atoms with E-state index < -0.39 is 0 Å². The minimum Gasteiger partial charge on any atom is -0.396 e. The summed E-state index contributed by atoms with van der Waals surface area (Å²) in [4.78, 5) is 28.7. The summed E-state index contributed by atoms with van der Waals surface area (Å²) in [5, 5.41) is 9.26. The van der Waals surface area contributed by atoms with E-state index in [1.807, 2.05) is 30.0 Å². The maximum atomic E-state index is 12.8. The van der Waals surface area contributed by atoms with Crippen molar-refractivity contribution in [2.75, 3.05) is 31.1 Å². The molecule has 5 heteroatoms. The van der Waals surface area contributed by atoms with Crippen LogP contribution in [0.3, 0.4) is 0 Å². The minimum absolute atomic E-state index is 0.0944. The van der Waals surface area contributed by atoms with E-state index in [-0.39, 0.29) is 30.3 Å².